The Morgan fingerprint density at radius 3 is 2.89 bits per heavy atom. The second-order valence-corrected chi connectivity index (χ2v) is 4.40. The lowest BCUT2D eigenvalue weighted by molar-refractivity contribution is 0.108. The van der Waals surface area contributed by atoms with Gasteiger partial charge in [-0.15, -0.1) is 0 Å². The van der Waals surface area contributed by atoms with Gasteiger partial charge in [-0.2, -0.15) is 0 Å². The molecule has 0 spiro atoms. The number of aromatic nitrogens is 1. The van der Waals surface area contributed by atoms with E-state index in [0.717, 1.165) is 10.9 Å². The molecular weight excluding hydrogens is 228 g/mol. The normalized spacial score (nSPS) is 19.3. The van der Waals surface area contributed by atoms with Crippen LogP contribution in [0.4, 0.5) is 4.79 Å². The zero-order chi connectivity index (χ0) is 12.5. The Morgan fingerprint density at radius 1 is 1.22 bits per heavy atom. The van der Waals surface area contributed by atoms with Crippen molar-refractivity contribution in [2.24, 2.45) is 0 Å². The molecule has 1 N–H and O–H groups in total. The lowest BCUT2D eigenvalue weighted by atomic mass is 10.2. The molecule has 1 unspecified atom stereocenters. The fraction of sp³-hybridized carbons (Fsp3) is 0.214. The van der Waals surface area contributed by atoms with E-state index in [0.29, 0.717) is 13.0 Å². The minimum atomic E-state index is -0.873. The van der Waals surface area contributed by atoms with E-state index in [2.05, 4.69) is 0 Å². The lowest BCUT2D eigenvalue weighted by Gasteiger charge is -2.32. The first kappa shape index (κ1) is 10.9. The highest BCUT2D eigenvalue weighted by Gasteiger charge is 2.25. The molecule has 1 aliphatic heterocycles. The van der Waals surface area contributed by atoms with E-state index in [1.54, 1.807) is 0 Å². The number of nitrogens with zero attached hydrogens (tertiary/aromatic N) is 2. The van der Waals surface area contributed by atoms with Crippen LogP contribution in [0.25, 0.3) is 10.9 Å². The van der Waals surface area contributed by atoms with E-state index < -0.39 is 6.09 Å². The van der Waals surface area contributed by atoms with Gasteiger partial charge >= 0.3 is 6.09 Å². The third-order valence-electron chi connectivity index (χ3n) is 3.37. The molecule has 2 heterocycles. The zero-order valence-electron chi connectivity index (χ0n) is 9.86. The highest BCUT2D eigenvalue weighted by molar-refractivity contribution is 5.80. The number of rotatable bonds is 1. The van der Waals surface area contributed by atoms with Crippen molar-refractivity contribution in [3.8, 4) is 0 Å². The smallest absolute Gasteiger partial charge is 0.409 e. The molecule has 2 aromatic rings. The standard InChI is InChI=1S/C14H14N2O2/c17-14(18)16-9-4-3-7-13(16)15-10-8-11-5-1-2-6-12(11)15/h1-6,8,10,13H,7,9H2,(H,17,18). The second kappa shape index (κ2) is 4.22. The molecule has 1 aliphatic rings. The molecule has 1 atom stereocenters. The van der Waals surface area contributed by atoms with Crippen LogP contribution in [-0.2, 0) is 0 Å². The van der Waals surface area contributed by atoms with Gasteiger partial charge in [0.25, 0.3) is 0 Å². The van der Waals surface area contributed by atoms with Crippen LogP contribution in [-0.4, -0.2) is 27.2 Å². The van der Waals surface area contributed by atoms with Crippen molar-refractivity contribution >= 4 is 17.0 Å². The first-order valence-corrected chi connectivity index (χ1v) is 5.97. The molecule has 0 saturated heterocycles. The summed E-state index contributed by atoms with van der Waals surface area (Å²) in [5.41, 5.74) is 1.07. The lowest BCUT2D eigenvalue weighted by Crippen LogP contribution is -2.38. The fourth-order valence-electron chi connectivity index (χ4n) is 2.49. The molecule has 18 heavy (non-hydrogen) atoms. The largest absolute Gasteiger partial charge is 0.465 e. The molecule has 4 heteroatoms. The van der Waals surface area contributed by atoms with Crippen LogP contribution < -0.4 is 0 Å². The minimum absolute atomic E-state index is 0.146. The number of hydrogen-bond donors (Lipinski definition) is 1. The SMILES string of the molecule is O=C(O)N1CC=CCC1n1ccc2ccccc21. The predicted molar refractivity (Wildman–Crippen MR) is 69.5 cm³/mol. The van der Waals surface area contributed by atoms with E-state index in [1.807, 2.05) is 53.2 Å². The average molecular weight is 242 g/mol. The van der Waals surface area contributed by atoms with Gasteiger partial charge in [-0.05, 0) is 17.5 Å². The summed E-state index contributed by atoms with van der Waals surface area (Å²) < 4.78 is 2.03. The number of fused-ring (bicyclic) bond motifs is 1. The van der Waals surface area contributed by atoms with Crippen molar-refractivity contribution in [2.45, 2.75) is 12.6 Å². The average Bonchev–Trinajstić information content (AvgIpc) is 2.82. The topological polar surface area (TPSA) is 45.5 Å². The van der Waals surface area contributed by atoms with Gasteiger partial charge in [-0.25, -0.2) is 4.79 Å². The van der Waals surface area contributed by atoms with Crippen molar-refractivity contribution in [1.82, 2.24) is 9.47 Å². The fourth-order valence-corrected chi connectivity index (χ4v) is 2.49. The van der Waals surface area contributed by atoms with Gasteiger partial charge in [0.1, 0.15) is 6.17 Å². The van der Waals surface area contributed by atoms with Crippen molar-refractivity contribution in [3.63, 3.8) is 0 Å². The van der Waals surface area contributed by atoms with Crippen LogP contribution in [0, 0.1) is 0 Å². The number of benzene rings is 1. The first-order chi connectivity index (χ1) is 8.77. The number of hydrogen-bond acceptors (Lipinski definition) is 1. The first-order valence-electron chi connectivity index (χ1n) is 5.97. The highest BCUT2D eigenvalue weighted by atomic mass is 16.4. The molecule has 4 nitrogen and oxygen atoms in total. The number of carbonyl (C=O) groups is 1. The molecule has 0 aliphatic carbocycles. The van der Waals surface area contributed by atoms with Crippen molar-refractivity contribution in [2.75, 3.05) is 6.54 Å². The second-order valence-electron chi connectivity index (χ2n) is 4.40. The summed E-state index contributed by atoms with van der Waals surface area (Å²) >= 11 is 0. The monoisotopic (exact) mass is 242 g/mol. The van der Waals surface area contributed by atoms with Crippen LogP contribution >= 0.6 is 0 Å². The van der Waals surface area contributed by atoms with Crippen LogP contribution in [0.1, 0.15) is 12.6 Å². The Balaban J connectivity index is 2.07. The maximum absolute atomic E-state index is 11.3. The van der Waals surface area contributed by atoms with Gasteiger partial charge in [0, 0.05) is 24.7 Å². The summed E-state index contributed by atoms with van der Waals surface area (Å²) in [5.74, 6) is 0. The molecular formula is C14H14N2O2. The molecule has 3 rings (SSSR count). The van der Waals surface area contributed by atoms with E-state index in [4.69, 9.17) is 0 Å². The summed E-state index contributed by atoms with van der Waals surface area (Å²) in [6.45, 7) is 0.451. The third-order valence-corrected chi connectivity index (χ3v) is 3.37. The van der Waals surface area contributed by atoms with Crippen LogP contribution in [0.3, 0.4) is 0 Å². The summed E-state index contributed by atoms with van der Waals surface area (Å²) in [7, 11) is 0. The Bertz CT molecular complexity index is 615. The highest BCUT2D eigenvalue weighted by Crippen LogP contribution is 2.27. The van der Waals surface area contributed by atoms with E-state index in [9.17, 15) is 9.90 Å². The van der Waals surface area contributed by atoms with Gasteiger partial charge in [0.2, 0.25) is 0 Å². The van der Waals surface area contributed by atoms with E-state index in [-0.39, 0.29) is 6.17 Å². The summed E-state index contributed by atoms with van der Waals surface area (Å²) in [6.07, 6.45) is 5.60. The molecule has 1 aromatic carbocycles. The number of carboxylic acid groups (broad SMARTS) is 1. The van der Waals surface area contributed by atoms with E-state index in [1.165, 1.54) is 4.90 Å². The number of para-hydroxylation sites is 1. The summed E-state index contributed by atoms with van der Waals surface area (Å²) in [5, 5.41) is 10.4. The number of amides is 1. The van der Waals surface area contributed by atoms with Crippen LogP contribution in [0.5, 0.6) is 0 Å². The molecule has 0 bridgehead atoms. The van der Waals surface area contributed by atoms with Crippen LogP contribution in [0.2, 0.25) is 0 Å². The molecule has 0 radical (unpaired) electrons. The van der Waals surface area contributed by atoms with Gasteiger partial charge in [-0.3, -0.25) is 4.90 Å². The Morgan fingerprint density at radius 2 is 2.06 bits per heavy atom. The van der Waals surface area contributed by atoms with Gasteiger partial charge in [0.15, 0.2) is 0 Å². The van der Waals surface area contributed by atoms with Gasteiger partial charge < -0.3 is 9.67 Å². The molecule has 1 amide bonds. The quantitative estimate of drug-likeness (QED) is 0.781. The molecule has 0 saturated carbocycles. The maximum atomic E-state index is 11.3. The third kappa shape index (κ3) is 1.66. The van der Waals surface area contributed by atoms with Gasteiger partial charge in [-0.1, -0.05) is 30.4 Å². The Kier molecular flexibility index (Phi) is 2.55. The molecule has 92 valence electrons. The van der Waals surface area contributed by atoms with Gasteiger partial charge in [0.05, 0.1) is 0 Å². The molecule has 0 fully saturated rings. The Labute approximate surface area is 105 Å². The van der Waals surface area contributed by atoms with Crippen molar-refractivity contribution in [3.05, 3.63) is 48.7 Å². The summed E-state index contributed by atoms with van der Waals surface area (Å²) in [4.78, 5) is 12.7. The minimum Gasteiger partial charge on any atom is -0.465 e. The molecule has 1 aromatic heterocycles. The zero-order valence-corrected chi connectivity index (χ0v) is 9.86. The summed E-state index contributed by atoms with van der Waals surface area (Å²) in [6, 6.07) is 10.0. The predicted octanol–water partition coefficient (Wildman–Crippen LogP) is 3.08. The van der Waals surface area contributed by atoms with Crippen LogP contribution in [0.15, 0.2) is 48.7 Å². The Hall–Kier alpha value is -2.23. The van der Waals surface area contributed by atoms with Crippen molar-refractivity contribution in [1.29, 1.82) is 0 Å². The maximum Gasteiger partial charge on any atom is 0.409 e. The van der Waals surface area contributed by atoms with E-state index >= 15 is 0 Å². The van der Waals surface area contributed by atoms with Crippen molar-refractivity contribution < 1.29 is 9.90 Å².